The van der Waals surface area contributed by atoms with Gasteiger partial charge in [0.05, 0.1) is 5.52 Å². The van der Waals surface area contributed by atoms with E-state index in [1.807, 2.05) is 35.2 Å². The van der Waals surface area contributed by atoms with E-state index in [2.05, 4.69) is 34.5 Å². The second-order valence-corrected chi connectivity index (χ2v) is 5.77. The number of aromatic amines is 1. The number of benzene rings is 2. The Morgan fingerprint density at radius 2 is 1.86 bits per heavy atom. The number of amides is 1. The van der Waals surface area contributed by atoms with Crippen molar-refractivity contribution in [3.63, 3.8) is 0 Å². The van der Waals surface area contributed by atoms with Crippen LogP contribution in [0.4, 0.5) is 0 Å². The molecule has 1 saturated heterocycles. The minimum Gasteiger partial charge on any atom is -0.337 e. The molecule has 1 fully saturated rings. The van der Waals surface area contributed by atoms with Crippen molar-refractivity contribution in [2.75, 3.05) is 13.1 Å². The van der Waals surface area contributed by atoms with Gasteiger partial charge in [0.25, 0.3) is 5.91 Å². The zero-order valence-corrected chi connectivity index (χ0v) is 12.2. The maximum atomic E-state index is 12.7. The molecule has 1 aliphatic rings. The minimum absolute atomic E-state index is 0.0240. The summed E-state index contributed by atoms with van der Waals surface area (Å²) in [5, 5.41) is 8.06. The lowest BCUT2D eigenvalue weighted by molar-refractivity contribution is 0.0787. The Morgan fingerprint density at radius 3 is 2.73 bits per heavy atom. The van der Waals surface area contributed by atoms with Gasteiger partial charge in [-0.05, 0) is 18.1 Å². The molecule has 1 N–H and O–H groups in total. The summed E-state index contributed by atoms with van der Waals surface area (Å²) in [7, 11) is 0. The number of carbonyl (C=O) groups is 1. The second kappa shape index (κ2) is 5.30. The molecule has 2 aromatic carbocycles. The molecule has 4 heteroatoms. The first-order valence-electron chi connectivity index (χ1n) is 7.60. The number of hydrogen-bond donors (Lipinski definition) is 1. The summed E-state index contributed by atoms with van der Waals surface area (Å²) in [6.45, 7) is 1.56. The number of aromatic nitrogens is 2. The summed E-state index contributed by atoms with van der Waals surface area (Å²) in [5.74, 6) is 0.450. The lowest BCUT2D eigenvalue weighted by atomic mass is 9.99. The van der Waals surface area contributed by atoms with E-state index in [0.717, 1.165) is 30.4 Å². The van der Waals surface area contributed by atoms with Crippen molar-refractivity contribution < 1.29 is 4.79 Å². The molecule has 1 aromatic heterocycles. The van der Waals surface area contributed by atoms with E-state index in [-0.39, 0.29) is 5.91 Å². The van der Waals surface area contributed by atoms with Crippen LogP contribution in [0, 0.1) is 0 Å². The first kappa shape index (κ1) is 13.1. The van der Waals surface area contributed by atoms with Gasteiger partial charge < -0.3 is 4.90 Å². The number of H-pyrrole nitrogens is 1. The van der Waals surface area contributed by atoms with Gasteiger partial charge in [0, 0.05) is 24.4 Å². The van der Waals surface area contributed by atoms with E-state index in [1.54, 1.807) is 0 Å². The van der Waals surface area contributed by atoms with Gasteiger partial charge in [-0.1, -0.05) is 48.5 Å². The summed E-state index contributed by atoms with van der Waals surface area (Å²) >= 11 is 0. The molecule has 4 rings (SSSR count). The molecular formula is C18H17N3O. The van der Waals surface area contributed by atoms with Crippen LogP contribution in [-0.2, 0) is 0 Å². The number of hydrogen-bond acceptors (Lipinski definition) is 2. The largest absolute Gasteiger partial charge is 0.337 e. The number of nitrogens with one attached hydrogen (secondary N) is 1. The average Bonchev–Trinajstić information content (AvgIpc) is 3.22. The topological polar surface area (TPSA) is 49.0 Å². The third-order valence-corrected chi connectivity index (χ3v) is 4.42. The van der Waals surface area contributed by atoms with E-state index < -0.39 is 0 Å². The van der Waals surface area contributed by atoms with Crippen LogP contribution in [0.3, 0.4) is 0 Å². The van der Waals surface area contributed by atoms with Crippen molar-refractivity contribution in [2.45, 2.75) is 12.3 Å². The average molecular weight is 291 g/mol. The van der Waals surface area contributed by atoms with E-state index in [1.165, 1.54) is 5.56 Å². The van der Waals surface area contributed by atoms with E-state index in [0.29, 0.717) is 11.6 Å². The highest BCUT2D eigenvalue weighted by atomic mass is 16.2. The van der Waals surface area contributed by atoms with Gasteiger partial charge in [0.15, 0.2) is 5.69 Å². The molecule has 0 spiro atoms. The van der Waals surface area contributed by atoms with E-state index in [9.17, 15) is 4.79 Å². The van der Waals surface area contributed by atoms with Crippen LogP contribution >= 0.6 is 0 Å². The Kier molecular flexibility index (Phi) is 3.15. The zero-order chi connectivity index (χ0) is 14.9. The summed E-state index contributed by atoms with van der Waals surface area (Å²) in [6, 6.07) is 18.2. The fraction of sp³-hybridized carbons (Fsp3) is 0.222. The van der Waals surface area contributed by atoms with Gasteiger partial charge in [-0.2, -0.15) is 5.10 Å². The third kappa shape index (κ3) is 2.17. The number of para-hydroxylation sites is 1. The smallest absolute Gasteiger partial charge is 0.275 e. The highest BCUT2D eigenvalue weighted by Gasteiger charge is 2.29. The molecule has 1 aliphatic heterocycles. The number of likely N-dealkylation sites (tertiary alicyclic amines) is 1. The van der Waals surface area contributed by atoms with Crippen LogP contribution in [0.1, 0.15) is 28.4 Å². The SMILES string of the molecule is O=C(c1n[nH]c2ccccc12)N1CC[C@H](c2ccccc2)C1. The molecule has 4 nitrogen and oxygen atoms in total. The van der Waals surface area contributed by atoms with E-state index >= 15 is 0 Å². The van der Waals surface area contributed by atoms with E-state index in [4.69, 9.17) is 0 Å². The van der Waals surface area contributed by atoms with Gasteiger partial charge in [0.1, 0.15) is 0 Å². The normalized spacial score (nSPS) is 18.0. The Labute approximate surface area is 128 Å². The van der Waals surface area contributed by atoms with Gasteiger partial charge >= 0.3 is 0 Å². The predicted octanol–water partition coefficient (Wildman–Crippen LogP) is 3.19. The molecule has 0 saturated carbocycles. The maximum Gasteiger partial charge on any atom is 0.275 e. The molecule has 110 valence electrons. The van der Waals surface area contributed by atoms with Crippen molar-refractivity contribution in [1.29, 1.82) is 0 Å². The van der Waals surface area contributed by atoms with Crippen LogP contribution in [0.15, 0.2) is 54.6 Å². The Hall–Kier alpha value is -2.62. The van der Waals surface area contributed by atoms with Crippen LogP contribution in [0.25, 0.3) is 10.9 Å². The number of rotatable bonds is 2. The summed E-state index contributed by atoms with van der Waals surface area (Å²) in [4.78, 5) is 14.7. The highest BCUT2D eigenvalue weighted by Crippen LogP contribution is 2.28. The lowest BCUT2D eigenvalue weighted by Gasteiger charge is -2.15. The van der Waals surface area contributed by atoms with Crippen molar-refractivity contribution in [1.82, 2.24) is 15.1 Å². The molecule has 0 unspecified atom stereocenters. The Balaban J connectivity index is 1.57. The first-order chi connectivity index (χ1) is 10.8. The molecule has 0 radical (unpaired) electrons. The van der Waals surface area contributed by atoms with Crippen molar-refractivity contribution in [3.8, 4) is 0 Å². The third-order valence-electron chi connectivity index (χ3n) is 4.42. The molecule has 0 bridgehead atoms. The number of carbonyl (C=O) groups excluding carboxylic acids is 1. The van der Waals surface area contributed by atoms with Crippen LogP contribution in [0.5, 0.6) is 0 Å². The maximum absolute atomic E-state index is 12.7. The van der Waals surface area contributed by atoms with Gasteiger partial charge in [-0.3, -0.25) is 9.89 Å². The minimum atomic E-state index is 0.0240. The monoisotopic (exact) mass is 291 g/mol. The predicted molar refractivity (Wildman–Crippen MR) is 85.8 cm³/mol. The summed E-state index contributed by atoms with van der Waals surface area (Å²) in [5.41, 5.74) is 2.75. The molecule has 3 aromatic rings. The number of fused-ring (bicyclic) bond motifs is 1. The van der Waals surface area contributed by atoms with Gasteiger partial charge in [-0.15, -0.1) is 0 Å². The second-order valence-electron chi connectivity index (χ2n) is 5.77. The van der Waals surface area contributed by atoms with Crippen molar-refractivity contribution in [3.05, 3.63) is 65.9 Å². The molecular weight excluding hydrogens is 274 g/mol. The number of nitrogens with zero attached hydrogens (tertiary/aromatic N) is 2. The molecule has 2 heterocycles. The lowest BCUT2D eigenvalue weighted by Crippen LogP contribution is -2.28. The molecule has 1 atom stereocenters. The van der Waals surface area contributed by atoms with Crippen molar-refractivity contribution >= 4 is 16.8 Å². The molecule has 0 aliphatic carbocycles. The Bertz CT molecular complexity index is 809. The van der Waals surface area contributed by atoms with Crippen LogP contribution in [-0.4, -0.2) is 34.1 Å². The van der Waals surface area contributed by atoms with Crippen LogP contribution < -0.4 is 0 Å². The van der Waals surface area contributed by atoms with Gasteiger partial charge in [-0.25, -0.2) is 0 Å². The van der Waals surface area contributed by atoms with Crippen LogP contribution in [0.2, 0.25) is 0 Å². The fourth-order valence-corrected chi connectivity index (χ4v) is 3.22. The van der Waals surface area contributed by atoms with Crippen molar-refractivity contribution in [2.24, 2.45) is 0 Å². The zero-order valence-electron chi connectivity index (χ0n) is 12.2. The summed E-state index contributed by atoms with van der Waals surface area (Å²) in [6.07, 6.45) is 1.01. The quantitative estimate of drug-likeness (QED) is 0.788. The van der Waals surface area contributed by atoms with Gasteiger partial charge in [0.2, 0.25) is 0 Å². The highest BCUT2D eigenvalue weighted by molar-refractivity contribution is 6.04. The first-order valence-corrected chi connectivity index (χ1v) is 7.60. The molecule has 1 amide bonds. The standard InChI is InChI=1S/C18H17N3O/c22-18(17-15-8-4-5-9-16(15)19-20-17)21-11-10-14(12-21)13-6-2-1-3-7-13/h1-9,14H,10-12H2,(H,19,20)/t14-/m0/s1. The summed E-state index contributed by atoms with van der Waals surface area (Å²) < 4.78 is 0. The Morgan fingerprint density at radius 1 is 1.09 bits per heavy atom. The fourth-order valence-electron chi connectivity index (χ4n) is 3.22. The molecule has 22 heavy (non-hydrogen) atoms.